The van der Waals surface area contributed by atoms with Gasteiger partial charge in [0.2, 0.25) is 0 Å². The van der Waals surface area contributed by atoms with E-state index < -0.39 is 5.41 Å². The molecule has 0 heterocycles. The minimum Gasteiger partial charge on any atom is -0.469 e. The fourth-order valence-electron chi connectivity index (χ4n) is 3.93. The van der Waals surface area contributed by atoms with Crippen molar-refractivity contribution in [2.75, 3.05) is 14.2 Å². The van der Waals surface area contributed by atoms with Gasteiger partial charge in [0, 0.05) is 22.7 Å². The van der Waals surface area contributed by atoms with Crippen molar-refractivity contribution in [3.05, 3.63) is 58.1 Å². The van der Waals surface area contributed by atoms with E-state index in [9.17, 15) is 9.59 Å². The van der Waals surface area contributed by atoms with Crippen LogP contribution in [0.15, 0.2) is 46.9 Å². The van der Waals surface area contributed by atoms with Gasteiger partial charge in [-0.3, -0.25) is 9.59 Å². The highest BCUT2D eigenvalue weighted by Crippen LogP contribution is 2.54. The molecule has 0 N–H and O–H groups in total. The van der Waals surface area contributed by atoms with Crippen LogP contribution in [-0.4, -0.2) is 26.2 Å². The van der Waals surface area contributed by atoms with Crippen LogP contribution < -0.4 is 0 Å². The highest BCUT2D eigenvalue weighted by Gasteiger charge is 2.43. The lowest BCUT2D eigenvalue weighted by Gasteiger charge is -2.32. The normalized spacial score (nSPS) is 13.7. The first-order chi connectivity index (χ1) is 12.5. The molecule has 0 saturated heterocycles. The van der Waals surface area contributed by atoms with Crippen LogP contribution >= 0.6 is 15.9 Å². The second-order valence-electron chi connectivity index (χ2n) is 6.47. The predicted octanol–water partition coefficient (Wildman–Crippen LogP) is 4.62. The summed E-state index contributed by atoms with van der Waals surface area (Å²) in [4.78, 5) is 23.7. The number of ether oxygens (including phenoxy) is 2. The zero-order valence-electron chi connectivity index (χ0n) is 14.9. The van der Waals surface area contributed by atoms with E-state index in [1.165, 1.54) is 14.2 Å². The van der Waals surface area contributed by atoms with Gasteiger partial charge in [0.05, 0.1) is 14.2 Å². The van der Waals surface area contributed by atoms with Gasteiger partial charge in [-0.25, -0.2) is 0 Å². The van der Waals surface area contributed by atoms with Crippen molar-refractivity contribution >= 4 is 27.9 Å². The monoisotopic (exact) mass is 416 g/mol. The van der Waals surface area contributed by atoms with Crippen molar-refractivity contribution in [1.82, 2.24) is 0 Å². The molecule has 0 amide bonds. The summed E-state index contributed by atoms with van der Waals surface area (Å²) in [6.07, 6.45) is 1.74. The van der Waals surface area contributed by atoms with Crippen LogP contribution in [0.4, 0.5) is 0 Å². The predicted molar refractivity (Wildman–Crippen MR) is 103 cm³/mol. The summed E-state index contributed by atoms with van der Waals surface area (Å²) in [6, 6.07) is 14.4. The minimum atomic E-state index is -0.419. The summed E-state index contributed by atoms with van der Waals surface area (Å²) in [5.41, 5.74) is 4.18. The number of carbonyl (C=O) groups excluding carboxylic acids is 2. The Morgan fingerprint density at radius 3 is 2.08 bits per heavy atom. The molecule has 3 rings (SSSR count). The molecular weight excluding hydrogens is 396 g/mol. The van der Waals surface area contributed by atoms with Crippen molar-refractivity contribution in [3.8, 4) is 11.1 Å². The molecule has 0 atom stereocenters. The first-order valence-electron chi connectivity index (χ1n) is 8.55. The minimum absolute atomic E-state index is 0.247. The zero-order valence-corrected chi connectivity index (χ0v) is 16.5. The summed E-state index contributed by atoms with van der Waals surface area (Å²) in [5, 5.41) is 0. The van der Waals surface area contributed by atoms with Gasteiger partial charge in [0.1, 0.15) is 0 Å². The van der Waals surface area contributed by atoms with Gasteiger partial charge in [-0.1, -0.05) is 46.3 Å². The highest BCUT2D eigenvalue weighted by atomic mass is 79.9. The van der Waals surface area contributed by atoms with E-state index >= 15 is 0 Å². The maximum atomic E-state index is 11.9. The van der Waals surface area contributed by atoms with Crippen LogP contribution in [0.25, 0.3) is 11.1 Å². The third kappa shape index (κ3) is 3.28. The molecule has 4 nitrogen and oxygen atoms in total. The quantitative estimate of drug-likeness (QED) is 0.644. The molecule has 1 aliphatic carbocycles. The Labute approximate surface area is 161 Å². The number of methoxy groups -OCH3 is 2. The van der Waals surface area contributed by atoms with E-state index in [1.807, 2.05) is 18.2 Å². The van der Waals surface area contributed by atoms with E-state index in [0.717, 1.165) is 26.7 Å². The Bertz CT molecular complexity index is 824. The topological polar surface area (TPSA) is 52.6 Å². The maximum Gasteiger partial charge on any atom is 0.305 e. The molecule has 0 unspecified atom stereocenters. The van der Waals surface area contributed by atoms with Crippen LogP contribution in [0.1, 0.15) is 36.8 Å². The summed E-state index contributed by atoms with van der Waals surface area (Å²) >= 11 is 3.57. The van der Waals surface area contributed by atoms with Gasteiger partial charge >= 0.3 is 11.9 Å². The third-order valence-corrected chi connectivity index (χ3v) is 5.69. The standard InChI is InChI=1S/C21H21BrO4/c1-25-19(23)9-11-21(12-10-20(24)26-2)17-6-4-3-5-15(17)16-8-7-14(22)13-18(16)21/h3-8,13H,9-12H2,1-2H3. The molecular formula is C21H21BrO4. The summed E-state index contributed by atoms with van der Waals surface area (Å²) in [5.74, 6) is -0.494. The molecule has 2 aromatic carbocycles. The fraction of sp³-hybridized carbons (Fsp3) is 0.333. The lowest BCUT2D eigenvalue weighted by molar-refractivity contribution is -0.141. The number of hydrogen-bond acceptors (Lipinski definition) is 4. The number of benzene rings is 2. The lowest BCUT2D eigenvalue weighted by atomic mass is 9.71. The first kappa shape index (κ1) is 18.6. The van der Waals surface area contributed by atoms with Crippen LogP contribution in [0.5, 0.6) is 0 Å². The number of halogens is 1. The van der Waals surface area contributed by atoms with E-state index in [0.29, 0.717) is 12.8 Å². The summed E-state index contributed by atoms with van der Waals surface area (Å²) in [7, 11) is 2.80. The smallest absolute Gasteiger partial charge is 0.305 e. The average molecular weight is 417 g/mol. The van der Waals surface area contributed by atoms with Crippen molar-refractivity contribution < 1.29 is 19.1 Å². The Morgan fingerprint density at radius 2 is 1.46 bits per heavy atom. The molecule has 0 aliphatic heterocycles. The molecule has 26 heavy (non-hydrogen) atoms. The van der Waals surface area contributed by atoms with Crippen LogP contribution in [0, 0.1) is 0 Å². The Balaban J connectivity index is 2.13. The van der Waals surface area contributed by atoms with Gasteiger partial charge in [0.15, 0.2) is 0 Å². The maximum absolute atomic E-state index is 11.9. The molecule has 5 heteroatoms. The molecule has 0 saturated carbocycles. The molecule has 136 valence electrons. The van der Waals surface area contributed by atoms with Gasteiger partial charge in [0.25, 0.3) is 0 Å². The van der Waals surface area contributed by atoms with E-state index in [2.05, 4.69) is 40.2 Å². The van der Waals surface area contributed by atoms with Crippen LogP contribution in [0.3, 0.4) is 0 Å². The van der Waals surface area contributed by atoms with Gasteiger partial charge in [-0.2, -0.15) is 0 Å². The number of rotatable bonds is 6. The van der Waals surface area contributed by atoms with Crippen LogP contribution in [0.2, 0.25) is 0 Å². The van der Waals surface area contributed by atoms with Crippen molar-refractivity contribution in [2.45, 2.75) is 31.1 Å². The first-order valence-corrected chi connectivity index (χ1v) is 9.34. The lowest BCUT2D eigenvalue weighted by Crippen LogP contribution is -2.28. The Morgan fingerprint density at radius 1 is 0.885 bits per heavy atom. The number of esters is 2. The van der Waals surface area contributed by atoms with Crippen molar-refractivity contribution in [2.24, 2.45) is 0 Å². The SMILES string of the molecule is COC(=O)CCC1(CCC(=O)OC)c2ccccc2-c2ccc(Br)cc21. The molecule has 2 aromatic rings. The van der Waals surface area contributed by atoms with Crippen molar-refractivity contribution in [3.63, 3.8) is 0 Å². The van der Waals surface area contributed by atoms with Gasteiger partial charge in [-0.15, -0.1) is 0 Å². The van der Waals surface area contributed by atoms with Crippen molar-refractivity contribution in [1.29, 1.82) is 0 Å². The Kier molecular flexibility index (Phi) is 5.47. The molecule has 0 spiro atoms. The number of carbonyl (C=O) groups is 2. The van der Waals surface area contributed by atoms with E-state index in [4.69, 9.17) is 9.47 Å². The third-order valence-electron chi connectivity index (χ3n) is 5.20. The van der Waals surface area contributed by atoms with E-state index in [1.54, 1.807) is 0 Å². The van der Waals surface area contributed by atoms with Crippen LogP contribution in [-0.2, 0) is 24.5 Å². The summed E-state index contributed by atoms with van der Waals surface area (Å²) < 4.78 is 10.7. The molecule has 0 radical (unpaired) electrons. The average Bonchev–Trinajstić information content (AvgIpc) is 2.94. The zero-order chi connectivity index (χ0) is 18.7. The van der Waals surface area contributed by atoms with Gasteiger partial charge < -0.3 is 9.47 Å². The molecule has 1 aliphatic rings. The summed E-state index contributed by atoms with van der Waals surface area (Å²) in [6.45, 7) is 0. The molecule has 0 aromatic heterocycles. The largest absolute Gasteiger partial charge is 0.469 e. The second kappa shape index (κ2) is 7.62. The molecule has 0 bridgehead atoms. The number of hydrogen-bond donors (Lipinski definition) is 0. The fourth-order valence-corrected chi connectivity index (χ4v) is 4.29. The number of fused-ring (bicyclic) bond motifs is 3. The highest BCUT2D eigenvalue weighted by molar-refractivity contribution is 9.10. The van der Waals surface area contributed by atoms with E-state index in [-0.39, 0.29) is 24.8 Å². The van der Waals surface area contributed by atoms with Gasteiger partial charge in [-0.05, 0) is 47.2 Å². The molecule has 0 fully saturated rings. The second-order valence-corrected chi connectivity index (χ2v) is 7.39. The Hall–Kier alpha value is -2.14.